The highest BCUT2D eigenvalue weighted by Crippen LogP contribution is 2.42. The van der Waals surface area contributed by atoms with E-state index in [0.29, 0.717) is 44.5 Å². The summed E-state index contributed by atoms with van der Waals surface area (Å²) in [4.78, 5) is 39.7. The van der Waals surface area contributed by atoms with Crippen LogP contribution in [0.5, 0.6) is 0 Å². The summed E-state index contributed by atoms with van der Waals surface area (Å²) < 4.78 is 0. The zero-order chi connectivity index (χ0) is 19.1. The first-order chi connectivity index (χ1) is 13.0. The lowest BCUT2D eigenvalue weighted by molar-refractivity contribution is -0.384. The van der Waals surface area contributed by atoms with Crippen LogP contribution >= 0.6 is 0 Å². The molecule has 2 atom stereocenters. The van der Waals surface area contributed by atoms with Crippen LogP contribution in [0.4, 0.5) is 17.1 Å². The predicted molar refractivity (Wildman–Crippen MR) is 98.5 cm³/mol. The normalized spacial score (nSPS) is 26.4. The maximum absolute atomic E-state index is 12.8. The summed E-state index contributed by atoms with van der Waals surface area (Å²) in [5, 5.41) is 21.3. The van der Waals surface area contributed by atoms with Gasteiger partial charge >= 0.3 is 0 Å². The average Bonchev–Trinajstić information content (AvgIpc) is 2.93. The van der Waals surface area contributed by atoms with Crippen molar-refractivity contribution >= 4 is 28.9 Å². The number of hydrogen-bond donors (Lipinski definition) is 1. The van der Waals surface area contributed by atoms with E-state index in [2.05, 4.69) is 0 Å². The maximum Gasteiger partial charge on any atom is 0.294 e. The highest BCUT2D eigenvalue weighted by molar-refractivity contribution is 6.22. The zero-order valence-corrected chi connectivity index (χ0v) is 15.0. The number of nitro benzene ring substituents is 1. The molecule has 0 unspecified atom stereocenters. The molecule has 2 amide bonds. The number of carbonyl (C=O) groups excluding carboxylic acids is 2. The molecule has 4 rings (SSSR count). The molecule has 1 aliphatic carbocycles. The fraction of sp³-hybridized carbons (Fsp3) is 0.579. The topological polar surface area (TPSA) is 104 Å². The van der Waals surface area contributed by atoms with Crippen molar-refractivity contribution in [1.82, 2.24) is 0 Å². The number of piperidine rings is 1. The van der Waals surface area contributed by atoms with E-state index in [4.69, 9.17) is 0 Å². The van der Waals surface area contributed by atoms with E-state index >= 15 is 0 Å². The summed E-state index contributed by atoms with van der Waals surface area (Å²) in [6, 6.07) is 4.59. The number of anilines is 2. The molecular formula is C19H23N3O5. The van der Waals surface area contributed by atoms with E-state index in [9.17, 15) is 24.8 Å². The van der Waals surface area contributed by atoms with Gasteiger partial charge in [0.05, 0.1) is 28.6 Å². The average molecular weight is 373 g/mol. The van der Waals surface area contributed by atoms with Gasteiger partial charge in [0.15, 0.2) is 0 Å². The summed E-state index contributed by atoms with van der Waals surface area (Å²) >= 11 is 0. The molecule has 0 bridgehead atoms. The van der Waals surface area contributed by atoms with Gasteiger partial charge in [0.25, 0.3) is 5.69 Å². The first-order valence-corrected chi connectivity index (χ1v) is 9.56. The SMILES string of the molecule is O=C1[C@H]2CCCC[C@@H]2C(=O)N1c1ccc(N2CCC(O)CC2)c([N+](=O)[O-])c1. The molecule has 8 nitrogen and oxygen atoms in total. The third kappa shape index (κ3) is 3.07. The molecule has 2 aliphatic heterocycles. The van der Waals surface area contributed by atoms with Crippen molar-refractivity contribution in [2.45, 2.75) is 44.6 Å². The van der Waals surface area contributed by atoms with Gasteiger partial charge in [-0.05, 0) is 37.8 Å². The summed E-state index contributed by atoms with van der Waals surface area (Å²) in [5.41, 5.74) is 0.637. The fourth-order valence-electron chi connectivity index (χ4n) is 4.59. The quantitative estimate of drug-likeness (QED) is 0.495. The molecular weight excluding hydrogens is 350 g/mol. The lowest BCUT2D eigenvalue weighted by Crippen LogP contribution is -2.36. The molecule has 3 aliphatic rings. The number of aliphatic hydroxyl groups excluding tert-OH is 1. The lowest BCUT2D eigenvalue weighted by Gasteiger charge is -2.31. The van der Waals surface area contributed by atoms with Crippen LogP contribution in [0.1, 0.15) is 38.5 Å². The standard InChI is InChI=1S/C19H23N3O5/c23-13-7-9-20(10-8-13)16-6-5-12(11-17(16)22(26)27)21-18(24)14-3-1-2-4-15(14)19(21)25/h5-6,11,13-15,23H,1-4,7-10H2/t14-,15-/m0/s1. The van der Waals surface area contributed by atoms with Crippen LogP contribution in [0.25, 0.3) is 0 Å². The second kappa shape index (κ2) is 6.92. The molecule has 2 heterocycles. The minimum Gasteiger partial charge on any atom is -0.393 e. The van der Waals surface area contributed by atoms with Gasteiger partial charge in [-0.1, -0.05) is 12.8 Å². The molecule has 3 fully saturated rings. The molecule has 0 spiro atoms. The highest BCUT2D eigenvalue weighted by atomic mass is 16.6. The van der Waals surface area contributed by atoms with Crippen molar-refractivity contribution in [3.05, 3.63) is 28.3 Å². The van der Waals surface area contributed by atoms with E-state index in [0.717, 1.165) is 17.7 Å². The monoisotopic (exact) mass is 373 g/mol. The van der Waals surface area contributed by atoms with E-state index in [1.165, 1.54) is 6.07 Å². The Morgan fingerprint density at radius 2 is 1.59 bits per heavy atom. The largest absolute Gasteiger partial charge is 0.393 e. The van der Waals surface area contributed by atoms with E-state index in [-0.39, 0.29) is 41.1 Å². The molecule has 2 saturated heterocycles. The molecule has 144 valence electrons. The summed E-state index contributed by atoms with van der Waals surface area (Å²) in [7, 11) is 0. The Bertz CT molecular complexity index is 764. The maximum atomic E-state index is 12.8. The number of imide groups is 1. The van der Waals surface area contributed by atoms with E-state index in [1.807, 2.05) is 4.90 Å². The van der Waals surface area contributed by atoms with Crippen LogP contribution in [0, 0.1) is 22.0 Å². The van der Waals surface area contributed by atoms with Crippen LogP contribution in [0.2, 0.25) is 0 Å². The number of hydrogen-bond acceptors (Lipinski definition) is 6. The molecule has 1 N–H and O–H groups in total. The molecule has 27 heavy (non-hydrogen) atoms. The highest BCUT2D eigenvalue weighted by Gasteiger charge is 2.49. The Labute approximate surface area is 156 Å². The molecule has 1 aromatic rings. The number of nitro groups is 1. The Balaban J connectivity index is 1.66. The van der Waals surface area contributed by atoms with Crippen molar-refractivity contribution in [1.29, 1.82) is 0 Å². The van der Waals surface area contributed by atoms with Crippen LogP contribution in [0.15, 0.2) is 18.2 Å². The van der Waals surface area contributed by atoms with Gasteiger partial charge in [0.1, 0.15) is 5.69 Å². The summed E-state index contributed by atoms with van der Waals surface area (Å²) in [6.07, 6.45) is 4.05. The van der Waals surface area contributed by atoms with Crippen molar-refractivity contribution in [3.63, 3.8) is 0 Å². The molecule has 8 heteroatoms. The predicted octanol–water partition coefficient (Wildman–Crippen LogP) is 2.24. The summed E-state index contributed by atoms with van der Waals surface area (Å²) in [5.74, 6) is -1.03. The Hall–Kier alpha value is -2.48. The second-order valence-electron chi connectivity index (χ2n) is 7.66. The number of aliphatic hydroxyl groups is 1. The number of rotatable bonds is 3. The van der Waals surface area contributed by atoms with E-state index < -0.39 is 4.92 Å². The molecule has 1 aromatic carbocycles. The minimum atomic E-state index is -0.470. The second-order valence-corrected chi connectivity index (χ2v) is 7.66. The van der Waals surface area contributed by atoms with Crippen LogP contribution in [-0.2, 0) is 9.59 Å². The zero-order valence-electron chi connectivity index (χ0n) is 15.0. The first kappa shape index (κ1) is 17.9. The summed E-state index contributed by atoms with van der Waals surface area (Å²) in [6.45, 7) is 1.07. The van der Waals surface area contributed by atoms with Gasteiger partial charge in [-0.3, -0.25) is 19.7 Å². The number of amides is 2. The van der Waals surface area contributed by atoms with Gasteiger partial charge in [-0.2, -0.15) is 0 Å². The first-order valence-electron chi connectivity index (χ1n) is 9.56. The van der Waals surface area contributed by atoms with Gasteiger partial charge in [0, 0.05) is 19.2 Å². The Kier molecular flexibility index (Phi) is 4.59. The number of benzene rings is 1. The lowest BCUT2D eigenvalue weighted by atomic mass is 9.81. The molecule has 0 radical (unpaired) electrons. The van der Waals surface area contributed by atoms with Crippen molar-refractivity contribution in [3.8, 4) is 0 Å². The third-order valence-electron chi connectivity index (χ3n) is 6.06. The number of carbonyl (C=O) groups is 2. The van der Waals surface area contributed by atoms with Crippen molar-refractivity contribution in [2.75, 3.05) is 22.9 Å². The molecule has 0 aromatic heterocycles. The minimum absolute atomic E-state index is 0.112. The fourth-order valence-corrected chi connectivity index (χ4v) is 4.59. The Morgan fingerprint density at radius 3 is 2.15 bits per heavy atom. The van der Waals surface area contributed by atoms with Crippen LogP contribution < -0.4 is 9.80 Å². The number of fused-ring (bicyclic) bond motifs is 1. The van der Waals surface area contributed by atoms with Gasteiger partial charge < -0.3 is 10.0 Å². The van der Waals surface area contributed by atoms with Crippen LogP contribution in [-0.4, -0.2) is 41.0 Å². The van der Waals surface area contributed by atoms with Gasteiger partial charge in [-0.15, -0.1) is 0 Å². The molecule has 1 saturated carbocycles. The van der Waals surface area contributed by atoms with Crippen molar-refractivity contribution in [2.24, 2.45) is 11.8 Å². The van der Waals surface area contributed by atoms with Crippen molar-refractivity contribution < 1.29 is 19.6 Å². The van der Waals surface area contributed by atoms with Gasteiger partial charge in [-0.25, -0.2) is 4.90 Å². The van der Waals surface area contributed by atoms with E-state index in [1.54, 1.807) is 12.1 Å². The number of nitrogens with zero attached hydrogens (tertiary/aromatic N) is 3. The van der Waals surface area contributed by atoms with Crippen LogP contribution in [0.3, 0.4) is 0 Å². The van der Waals surface area contributed by atoms with Gasteiger partial charge in [0.2, 0.25) is 11.8 Å². The Morgan fingerprint density at radius 1 is 1.00 bits per heavy atom. The third-order valence-corrected chi connectivity index (χ3v) is 6.06. The smallest absolute Gasteiger partial charge is 0.294 e.